The maximum Gasteiger partial charge on any atom is 0.336 e. The van der Waals surface area contributed by atoms with Gasteiger partial charge in [0.15, 0.2) is 0 Å². The molecular weight excluding hydrogens is 282 g/mol. The Morgan fingerprint density at radius 1 is 1.18 bits per heavy atom. The SMILES string of the molecule is CCOc1cccc(C(=O)O)c1COc1nc(C)ccc1C. The van der Waals surface area contributed by atoms with Crippen molar-refractivity contribution in [1.29, 1.82) is 0 Å². The van der Waals surface area contributed by atoms with Crippen LogP contribution in [-0.2, 0) is 6.61 Å². The van der Waals surface area contributed by atoms with Crippen LogP contribution in [-0.4, -0.2) is 22.7 Å². The van der Waals surface area contributed by atoms with Crippen LogP contribution in [0.3, 0.4) is 0 Å². The summed E-state index contributed by atoms with van der Waals surface area (Å²) in [6.07, 6.45) is 0. The predicted molar refractivity (Wildman–Crippen MR) is 82.6 cm³/mol. The van der Waals surface area contributed by atoms with Gasteiger partial charge in [-0.2, -0.15) is 0 Å². The van der Waals surface area contributed by atoms with Crippen molar-refractivity contribution >= 4 is 5.97 Å². The summed E-state index contributed by atoms with van der Waals surface area (Å²) in [6.45, 7) is 6.18. The normalized spacial score (nSPS) is 10.3. The molecule has 22 heavy (non-hydrogen) atoms. The van der Waals surface area contributed by atoms with E-state index in [-0.39, 0.29) is 12.2 Å². The summed E-state index contributed by atoms with van der Waals surface area (Å²) in [5.74, 6) is 0.0180. The highest BCUT2D eigenvalue weighted by atomic mass is 16.5. The molecule has 0 aliphatic heterocycles. The molecule has 0 spiro atoms. The van der Waals surface area contributed by atoms with Gasteiger partial charge in [-0.3, -0.25) is 0 Å². The van der Waals surface area contributed by atoms with Crippen molar-refractivity contribution in [2.75, 3.05) is 6.61 Å². The molecule has 1 aromatic carbocycles. The van der Waals surface area contributed by atoms with E-state index in [1.807, 2.05) is 32.9 Å². The number of carboxylic acids is 1. The molecule has 0 saturated heterocycles. The summed E-state index contributed by atoms with van der Waals surface area (Å²) in [7, 11) is 0. The molecule has 5 nitrogen and oxygen atoms in total. The van der Waals surface area contributed by atoms with Gasteiger partial charge in [0, 0.05) is 16.8 Å². The molecule has 116 valence electrons. The van der Waals surface area contributed by atoms with E-state index in [1.54, 1.807) is 18.2 Å². The molecule has 0 bridgehead atoms. The van der Waals surface area contributed by atoms with Crippen molar-refractivity contribution in [2.45, 2.75) is 27.4 Å². The maximum atomic E-state index is 11.4. The van der Waals surface area contributed by atoms with Gasteiger partial charge in [0.2, 0.25) is 5.88 Å². The zero-order chi connectivity index (χ0) is 16.1. The minimum atomic E-state index is -1.01. The lowest BCUT2D eigenvalue weighted by molar-refractivity contribution is 0.0693. The number of benzene rings is 1. The first kappa shape index (κ1) is 15.8. The fraction of sp³-hybridized carbons (Fsp3) is 0.294. The Balaban J connectivity index is 2.31. The van der Waals surface area contributed by atoms with Crippen molar-refractivity contribution in [3.05, 3.63) is 52.7 Å². The van der Waals surface area contributed by atoms with Gasteiger partial charge < -0.3 is 14.6 Å². The van der Waals surface area contributed by atoms with Crippen LogP contribution < -0.4 is 9.47 Å². The van der Waals surface area contributed by atoms with E-state index in [0.29, 0.717) is 23.8 Å². The molecule has 0 amide bonds. The Morgan fingerprint density at radius 3 is 2.64 bits per heavy atom. The second-order valence-electron chi connectivity index (χ2n) is 4.88. The minimum Gasteiger partial charge on any atom is -0.493 e. The van der Waals surface area contributed by atoms with E-state index in [1.165, 1.54) is 0 Å². The molecule has 0 aliphatic rings. The van der Waals surface area contributed by atoms with E-state index < -0.39 is 5.97 Å². The van der Waals surface area contributed by atoms with Gasteiger partial charge in [0.05, 0.1) is 12.2 Å². The Kier molecular flexibility index (Phi) is 4.99. The number of pyridine rings is 1. The lowest BCUT2D eigenvalue weighted by Crippen LogP contribution is -2.09. The second-order valence-corrected chi connectivity index (χ2v) is 4.88. The average Bonchev–Trinajstić information content (AvgIpc) is 2.49. The van der Waals surface area contributed by atoms with Crippen LogP contribution in [0.25, 0.3) is 0 Å². The van der Waals surface area contributed by atoms with Crippen molar-refractivity contribution < 1.29 is 19.4 Å². The minimum absolute atomic E-state index is 0.0924. The van der Waals surface area contributed by atoms with Gasteiger partial charge in [0.25, 0.3) is 0 Å². The summed E-state index contributed by atoms with van der Waals surface area (Å²) in [5.41, 5.74) is 2.43. The first-order chi connectivity index (χ1) is 10.5. The molecule has 0 unspecified atom stereocenters. The standard InChI is InChI=1S/C17H19NO4/c1-4-21-15-7-5-6-13(17(19)20)14(15)10-22-16-11(2)8-9-12(3)18-16/h5-9H,4,10H2,1-3H3,(H,19,20). The maximum absolute atomic E-state index is 11.4. The van der Waals surface area contributed by atoms with Crippen molar-refractivity contribution in [2.24, 2.45) is 0 Å². The van der Waals surface area contributed by atoms with Gasteiger partial charge in [0.1, 0.15) is 12.4 Å². The number of carboxylic acid groups (broad SMARTS) is 1. The number of aromatic carboxylic acids is 1. The fourth-order valence-electron chi connectivity index (χ4n) is 2.09. The van der Waals surface area contributed by atoms with Crippen LogP contribution in [0.1, 0.15) is 34.1 Å². The van der Waals surface area contributed by atoms with E-state index in [0.717, 1.165) is 11.3 Å². The summed E-state index contributed by atoms with van der Waals surface area (Å²) in [5, 5.41) is 9.33. The fourth-order valence-corrected chi connectivity index (χ4v) is 2.09. The lowest BCUT2D eigenvalue weighted by atomic mass is 10.1. The summed E-state index contributed by atoms with van der Waals surface area (Å²) in [6, 6.07) is 8.77. The zero-order valence-corrected chi connectivity index (χ0v) is 12.9. The molecule has 1 heterocycles. The third-order valence-corrected chi connectivity index (χ3v) is 3.21. The molecule has 0 atom stereocenters. The Bertz CT molecular complexity index is 682. The average molecular weight is 301 g/mol. The van der Waals surface area contributed by atoms with E-state index in [2.05, 4.69) is 4.98 Å². The molecule has 0 aliphatic carbocycles. The topological polar surface area (TPSA) is 68.7 Å². The number of aromatic nitrogens is 1. The van der Waals surface area contributed by atoms with Crippen LogP contribution in [0.4, 0.5) is 0 Å². The van der Waals surface area contributed by atoms with E-state index >= 15 is 0 Å². The van der Waals surface area contributed by atoms with E-state index in [9.17, 15) is 9.90 Å². The molecular formula is C17H19NO4. The number of ether oxygens (including phenoxy) is 2. The monoisotopic (exact) mass is 301 g/mol. The molecule has 0 fully saturated rings. The van der Waals surface area contributed by atoms with Gasteiger partial charge >= 0.3 is 5.97 Å². The van der Waals surface area contributed by atoms with Gasteiger partial charge in [-0.25, -0.2) is 9.78 Å². The van der Waals surface area contributed by atoms with Gasteiger partial charge in [-0.1, -0.05) is 12.1 Å². The van der Waals surface area contributed by atoms with Crippen molar-refractivity contribution in [1.82, 2.24) is 4.98 Å². The van der Waals surface area contributed by atoms with Crippen molar-refractivity contribution in [3.63, 3.8) is 0 Å². The first-order valence-electron chi connectivity index (χ1n) is 7.08. The molecule has 0 radical (unpaired) electrons. The highest BCUT2D eigenvalue weighted by molar-refractivity contribution is 5.90. The predicted octanol–water partition coefficient (Wildman–Crippen LogP) is 3.37. The van der Waals surface area contributed by atoms with Crippen LogP contribution >= 0.6 is 0 Å². The molecule has 1 N–H and O–H groups in total. The lowest BCUT2D eigenvalue weighted by Gasteiger charge is -2.14. The number of aryl methyl sites for hydroxylation is 2. The quantitative estimate of drug-likeness (QED) is 0.886. The van der Waals surface area contributed by atoms with Gasteiger partial charge in [-0.15, -0.1) is 0 Å². The molecule has 1 aromatic heterocycles. The molecule has 2 rings (SSSR count). The number of nitrogens with zero attached hydrogens (tertiary/aromatic N) is 1. The number of rotatable bonds is 6. The Labute approximate surface area is 129 Å². The van der Waals surface area contributed by atoms with Crippen LogP contribution in [0.5, 0.6) is 11.6 Å². The summed E-state index contributed by atoms with van der Waals surface area (Å²) < 4.78 is 11.2. The Hall–Kier alpha value is -2.56. The summed E-state index contributed by atoms with van der Waals surface area (Å²) in [4.78, 5) is 15.7. The summed E-state index contributed by atoms with van der Waals surface area (Å²) >= 11 is 0. The van der Waals surface area contributed by atoms with Crippen LogP contribution in [0.15, 0.2) is 30.3 Å². The number of hydrogen-bond donors (Lipinski definition) is 1. The highest BCUT2D eigenvalue weighted by Crippen LogP contribution is 2.25. The third kappa shape index (κ3) is 3.55. The smallest absolute Gasteiger partial charge is 0.336 e. The molecule has 2 aromatic rings. The molecule has 0 saturated carbocycles. The Morgan fingerprint density at radius 2 is 1.95 bits per heavy atom. The third-order valence-electron chi connectivity index (χ3n) is 3.21. The van der Waals surface area contributed by atoms with Crippen LogP contribution in [0.2, 0.25) is 0 Å². The second kappa shape index (κ2) is 6.93. The zero-order valence-electron chi connectivity index (χ0n) is 12.9. The van der Waals surface area contributed by atoms with Crippen LogP contribution in [0, 0.1) is 13.8 Å². The number of carbonyl (C=O) groups is 1. The number of hydrogen-bond acceptors (Lipinski definition) is 4. The van der Waals surface area contributed by atoms with Crippen molar-refractivity contribution in [3.8, 4) is 11.6 Å². The molecule has 5 heteroatoms. The van der Waals surface area contributed by atoms with E-state index in [4.69, 9.17) is 9.47 Å². The van der Waals surface area contributed by atoms with Gasteiger partial charge in [-0.05, 0) is 39.0 Å². The first-order valence-corrected chi connectivity index (χ1v) is 7.08. The highest BCUT2D eigenvalue weighted by Gasteiger charge is 2.16. The largest absolute Gasteiger partial charge is 0.493 e.